The van der Waals surface area contributed by atoms with Gasteiger partial charge in [0.15, 0.2) is 0 Å². The van der Waals surface area contributed by atoms with Gasteiger partial charge in [-0.1, -0.05) is 27.7 Å². The summed E-state index contributed by atoms with van der Waals surface area (Å²) in [6.45, 7) is 8.88. The lowest BCUT2D eigenvalue weighted by atomic mass is 9.88. The highest BCUT2D eigenvalue weighted by atomic mass is 16.4. The van der Waals surface area contributed by atoms with Crippen molar-refractivity contribution in [1.82, 2.24) is 5.32 Å². The lowest BCUT2D eigenvalue weighted by Crippen LogP contribution is -2.28. The second kappa shape index (κ2) is 8.95. The van der Waals surface area contributed by atoms with Crippen LogP contribution in [0.3, 0.4) is 0 Å². The third kappa shape index (κ3) is 9.02. The maximum Gasteiger partial charge on any atom is 0.303 e. The number of hydrogen-bond acceptors (Lipinski definition) is 2. The monoisotopic (exact) mass is 257 g/mol. The van der Waals surface area contributed by atoms with Gasteiger partial charge in [-0.15, -0.1) is 0 Å². The normalized spacial score (nSPS) is 12.8. The van der Waals surface area contributed by atoms with Gasteiger partial charge in [0.05, 0.1) is 0 Å². The molecule has 0 heterocycles. The van der Waals surface area contributed by atoms with Crippen LogP contribution in [0.25, 0.3) is 0 Å². The highest BCUT2D eigenvalue weighted by molar-refractivity contribution is 5.75. The Morgan fingerprint density at radius 1 is 1.11 bits per heavy atom. The van der Waals surface area contributed by atoms with Crippen LogP contribution in [0, 0.1) is 17.8 Å². The first-order valence-electron chi connectivity index (χ1n) is 6.81. The molecule has 0 aromatic carbocycles. The van der Waals surface area contributed by atoms with Gasteiger partial charge in [-0.3, -0.25) is 9.59 Å². The van der Waals surface area contributed by atoms with Gasteiger partial charge in [0.25, 0.3) is 0 Å². The second-order valence-corrected chi connectivity index (χ2v) is 5.67. The van der Waals surface area contributed by atoms with Crippen molar-refractivity contribution in [3.8, 4) is 0 Å². The van der Waals surface area contributed by atoms with Crippen LogP contribution in [0.4, 0.5) is 0 Å². The average molecular weight is 257 g/mol. The number of aliphatic carboxylic acids is 1. The summed E-state index contributed by atoms with van der Waals surface area (Å²) in [5, 5.41) is 11.6. The molecule has 0 bridgehead atoms. The fourth-order valence-corrected chi connectivity index (χ4v) is 1.96. The summed E-state index contributed by atoms with van der Waals surface area (Å²) in [6.07, 6.45) is 2.31. The van der Waals surface area contributed by atoms with Crippen LogP contribution >= 0.6 is 0 Å². The van der Waals surface area contributed by atoms with Crippen molar-refractivity contribution in [3.05, 3.63) is 0 Å². The number of nitrogens with one attached hydrogen (secondary N) is 1. The lowest BCUT2D eigenvalue weighted by Gasteiger charge is -2.20. The Balaban J connectivity index is 3.90. The van der Waals surface area contributed by atoms with Crippen LogP contribution in [-0.2, 0) is 9.59 Å². The van der Waals surface area contributed by atoms with Crippen molar-refractivity contribution in [3.63, 3.8) is 0 Å². The molecule has 0 aromatic heterocycles. The molecule has 0 rings (SSSR count). The summed E-state index contributed by atoms with van der Waals surface area (Å²) in [4.78, 5) is 22.0. The predicted molar refractivity (Wildman–Crippen MR) is 72.3 cm³/mol. The number of carbonyl (C=O) groups excluding carboxylic acids is 1. The summed E-state index contributed by atoms with van der Waals surface area (Å²) in [6, 6.07) is 0. The second-order valence-electron chi connectivity index (χ2n) is 5.67. The molecule has 0 aliphatic rings. The predicted octanol–water partition coefficient (Wildman–Crippen LogP) is 2.68. The largest absolute Gasteiger partial charge is 0.481 e. The molecule has 0 saturated carbocycles. The first-order valence-corrected chi connectivity index (χ1v) is 6.81. The molecule has 2 N–H and O–H groups in total. The smallest absolute Gasteiger partial charge is 0.303 e. The number of carboxylic acids is 1. The van der Waals surface area contributed by atoms with Gasteiger partial charge in [-0.25, -0.2) is 0 Å². The van der Waals surface area contributed by atoms with Crippen molar-refractivity contribution < 1.29 is 14.7 Å². The molecule has 0 aliphatic carbocycles. The summed E-state index contributed by atoms with van der Waals surface area (Å²) in [5.74, 6) is 0.528. The summed E-state index contributed by atoms with van der Waals surface area (Å²) >= 11 is 0. The molecule has 0 saturated heterocycles. The van der Waals surface area contributed by atoms with E-state index in [0.29, 0.717) is 37.1 Å². The number of hydrogen-bond donors (Lipinski definition) is 2. The minimum atomic E-state index is -0.746. The molecule has 1 amide bonds. The Morgan fingerprint density at radius 3 is 2.17 bits per heavy atom. The lowest BCUT2D eigenvalue weighted by molar-refractivity contribution is -0.137. The van der Waals surface area contributed by atoms with E-state index in [2.05, 4.69) is 19.2 Å². The topological polar surface area (TPSA) is 66.4 Å². The van der Waals surface area contributed by atoms with E-state index in [1.807, 2.05) is 13.8 Å². The van der Waals surface area contributed by atoms with Crippen LogP contribution < -0.4 is 5.32 Å². The molecule has 0 spiro atoms. The maximum atomic E-state index is 11.5. The Kier molecular flexibility index (Phi) is 8.42. The first kappa shape index (κ1) is 16.9. The van der Waals surface area contributed by atoms with Crippen LogP contribution in [0.5, 0.6) is 0 Å². The van der Waals surface area contributed by atoms with Gasteiger partial charge in [-0.2, -0.15) is 0 Å². The molecule has 4 nitrogen and oxygen atoms in total. The molecule has 106 valence electrons. The minimum absolute atomic E-state index is 0.0886. The van der Waals surface area contributed by atoms with E-state index < -0.39 is 5.97 Å². The first-order chi connectivity index (χ1) is 8.32. The molecule has 0 aliphatic heterocycles. The number of amides is 1. The zero-order chi connectivity index (χ0) is 14.1. The maximum absolute atomic E-state index is 11.5. The van der Waals surface area contributed by atoms with Crippen molar-refractivity contribution in [2.45, 2.75) is 53.4 Å². The molecule has 1 atom stereocenters. The quantitative estimate of drug-likeness (QED) is 0.667. The van der Waals surface area contributed by atoms with E-state index in [1.165, 1.54) is 0 Å². The van der Waals surface area contributed by atoms with Crippen molar-refractivity contribution in [2.75, 3.05) is 6.54 Å². The van der Waals surface area contributed by atoms with Crippen LogP contribution in [0.2, 0.25) is 0 Å². The SMILES string of the molecule is CC(C)CC(=O)NCCC(CCC(=O)O)C(C)C. The van der Waals surface area contributed by atoms with Crippen molar-refractivity contribution in [1.29, 1.82) is 0 Å². The van der Waals surface area contributed by atoms with E-state index in [9.17, 15) is 9.59 Å². The summed E-state index contributed by atoms with van der Waals surface area (Å²) in [7, 11) is 0. The summed E-state index contributed by atoms with van der Waals surface area (Å²) in [5.41, 5.74) is 0. The van der Waals surface area contributed by atoms with Crippen molar-refractivity contribution >= 4 is 11.9 Å². The molecular formula is C14H27NO3. The number of rotatable bonds is 9. The van der Waals surface area contributed by atoms with Crippen LogP contribution in [0.1, 0.15) is 53.4 Å². The molecule has 0 aromatic rings. The van der Waals surface area contributed by atoms with E-state index >= 15 is 0 Å². The molecular weight excluding hydrogens is 230 g/mol. The Labute approximate surface area is 110 Å². The third-order valence-corrected chi connectivity index (χ3v) is 3.10. The van der Waals surface area contributed by atoms with E-state index in [4.69, 9.17) is 5.11 Å². The molecule has 4 heteroatoms. The highest BCUT2D eigenvalue weighted by Gasteiger charge is 2.15. The Hall–Kier alpha value is -1.06. The van der Waals surface area contributed by atoms with Gasteiger partial charge in [0.2, 0.25) is 5.91 Å². The number of carboxylic acid groups (broad SMARTS) is 1. The fraction of sp³-hybridized carbons (Fsp3) is 0.857. The third-order valence-electron chi connectivity index (χ3n) is 3.10. The molecule has 0 radical (unpaired) electrons. The van der Waals surface area contributed by atoms with Crippen LogP contribution in [0.15, 0.2) is 0 Å². The Morgan fingerprint density at radius 2 is 1.72 bits per heavy atom. The van der Waals surface area contributed by atoms with E-state index in [1.54, 1.807) is 0 Å². The molecule has 18 heavy (non-hydrogen) atoms. The zero-order valence-electron chi connectivity index (χ0n) is 12.0. The minimum Gasteiger partial charge on any atom is -0.481 e. The van der Waals surface area contributed by atoms with Crippen LogP contribution in [-0.4, -0.2) is 23.5 Å². The molecule has 1 unspecified atom stereocenters. The van der Waals surface area contributed by atoms with E-state index in [0.717, 1.165) is 6.42 Å². The number of carbonyl (C=O) groups is 2. The summed E-state index contributed by atoms with van der Waals surface area (Å²) < 4.78 is 0. The fourth-order valence-electron chi connectivity index (χ4n) is 1.96. The van der Waals surface area contributed by atoms with Gasteiger partial charge in [0, 0.05) is 19.4 Å². The Bertz CT molecular complexity index is 262. The van der Waals surface area contributed by atoms with Gasteiger partial charge < -0.3 is 10.4 Å². The van der Waals surface area contributed by atoms with Crippen molar-refractivity contribution in [2.24, 2.45) is 17.8 Å². The highest BCUT2D eigenvalue weighted by Crippen LogP contribution is 2.20. The average Bonchev–Trinajstić information content (AvgIpc) is 2.20. The van der Waals surface area contributed by atoms with Gasteiger partial charge in [-0.05, 0) is 30.6 Å². The van der Waals surface area contributed by atoms with Gasteiger partial charge in [0.1, 0.15) is 0 Å². The molecule has 0 fully saturated rings. The van der Waals surface area contributed by atoms with Gasteiger partial charge >= 0.3 is 5.97 Å². The van der Waals surface area contributed by atoms with E-state index in [-0.39, 0.29) is 12.3 Å². The standard InChI is InChI=1S/C14H27NO3/c1-10(2)9-13(16)15-8-7-12(11(3)4)5-6-14(17)18/h10-12H,5-9H2,1-4H3,(H,15,16)(H,17,18). The zero-order valence-corrected chi connectivity index (χ0v) is 12.0.